The molecule has 0 saturated heterocycles. The van der Waals surface area contributed by atoms with Gasteiger partial charge in [0.25, 0.3) is 0 Å². The summed E-state index contributed by atoms with van der Waals surface area (Å²) < 4.78 is 35.2. The number of hydrogen-bond donors (Lipinski definition) is 0. The molecule has 0 aliphatic heterocycles. The van der Waals surface area contributed by atoms with Crippen LogP contribution in [0.3, 0.4) is 0 Å². The summed E-state index contributed by atoms with van der Waals surface area (Å²) in [5.74, 6) is -1.70. The van der Waals surface area contributed by atoms with E-state index in [1.807, 2.05) is 0 Å². The van der Waals surface area contributed by atoms with Crippen LogP contribution >= 0.6 is 0 Å². The van der Waals surface area contributed by atoms with Crippen LogP contribution in [0.4, 0.5) is 8.78 Å². The van der Waals surface area contributed by atoms with Gasteiger partial charge in [-0.1, -0.05) is 0 Å². The maximum atomic E-state index is 13.0. The summed E-state index contributed by atoms with van der Waals surface area (Å²) in [5, 5.41) is 0. The van der Waals surface area contributed by atoms with Crippen molar-refractivity contribution in [3.63, 3.8) is 0 Å². The minimum absolute atomic E-state index is 0.134. The van der Waals surface area contributed by atoms with Crippen LogP contribution in [0.5, 0.6) is 5.75 Å². The molecular weight excluding hydrogens is 218 g/mol. The van der Waals surface area contributed by atoms with Gasteiger partial charge in [-0.2, -0.15) is 0 Å². The van der Waals surface area contributed by atoms with Crippen LogP contribution in [0, 0.1) is 11.6 Å². The quantitative estimate of drug-likeness (QED) is 0.575. The SMILES string of the molecule is COC(=O)CCCOc1cc(F)ccc1F. The molecule has 0 fully saturated rings. The Kier molecular flexibility index (Phi) is 4.69. The van der Waals surface area contributed by atoms with Crippen molar-refractivity contribution in [1.29, 1.82) is 0 Å². The van der Waals surface area contributed by atoms with E-state index >= 15 is 0 Å². The van der Waals surface area contributed by atoms with Crippen molar-refractivity contribution in [3.05, 3.63) is 29.8 Å². The van der Waals surface area contributed by atoms with Crippen molar-refractivity contribution >= 4 is 5.97 Å². The predicted molar refractivity (Wildman–Crippen MR) is 53.1 cm³/mol. The van der Waals surface area contributed by atoms with E-state index in [1.165, 1.54) is 7.11 Å². The fourth-order valence-corrected chi connectivity index (χ4v) is 1.09. The fourth-order valence-electron chi connectivity index (χ4n) is 1.09. The third-order valence-electron chi connectivity index (χ3n) is 1.90. The van der Waals surface area contributed by atoms with Gasteiger partial charge in [-0.05, 0) is 18.6 Å². The van der Waals surface area contributed by atoms with E-state index in [1.54, 1.807) is 0 Å². The molecule has 0 atom stereocenters. The molecule has 0 heterocycles. The van der Waals surface area contributed by atoms with Crippen molar-refractivity contribution in [2.24, 2.45) is 0 Å². The average molecular weight is 230 g/mol. The molecule has 0 amide bonds. The predicted octanol–water partition coefficient (Wildman–Crippen LogP) is 2.30. The molecular formula is C11H12F2O3. The number of esters is 1. The number of benzene rings is 1. The van der Waals surface area contributed by atoms with Crippen molar-refractivity contribution in [2.45, 2.75) is 12.8 Å². The van der Waals surface area contributed by atoms with Crippen LogP contribution in [-0.4, -0.2) is 19.7 Å². The highest BCUT2D eigenvalue weighted by atomic mass is 19.1. The molecule has 0 aliphatic carbocycles. The fraction of sp³-hybridized carbons (Fsp3) is 0.364. The largest absolute Gasteiger partial charge is 0.490 e. The molecule has 5 heteroatoms. The topological polar surface area (TPSA) is 35.5 Å². The molecule has 1 rings (SSSR count). The summed E-state index contributed by atoms with van der Waals surface area (Å²) in [5.41, 5.74) is 0. The number of carbonyl (C=O) groups excluding carboxylic acids is 1. The lowest BCUT2D eigenvalue weighted by Crippen LogP contribution is -2.05. The molecule has 0 aliphatic rings. The van der Waals surface area contributed by atoms with Crippen LogP contribution in [0.1, 0.15) is 12.8 Å². The van der Waals surface area contributed by atoms with Crippen molar-refractivity contribution in [1.82, 2.24) is 0 Å². The lowest BCUT2D eigenvalue weighted by Gasteiger charge is -2.06. The van der Waals surface area contributed by atoms with Crippen LogP contribution in [0.2, 0.25) is 0 Å². The number of carbonyl (C=O) groups is 1. The Morgan fingerprint density at radius 3 is 2.81 bits per heavy atom. The van der Waals surface area contributed by atoms with Crippen molar-refractivity contribution < 1.29 is 23.0 Å². The Morgan fingerprint density at radius 2 is 2.12 bits per heavy atom. The zero-order chi connectivity index (χ0) is 12.0. The molecule has 0 unspecified atom stereocenters. The number of methoxy groups -OCH3 is 1. The van der Waals surface area contributed by atoms with Gasteiger partial charge in [0, 0.05) is 12.5 Å². The smallest absolute Gasteiger partial charge is 0.305 e. The zero-order valence-corrected chi connectivity index (χ0v) is 8.83. The molecule has 0 spiro atoms. The van der Waals surface area contributed by atoms with E-state index < -0.39 is 11.6 Å². The third kappa shape index (κ3) is 3.84. The van der Waals surface area contributed by atoms with E-state index in [0.29, 0.717) is 6.42 Å². The minimum atomic E-state index is -0.625. The molecule has 0 radical (unpaired) electrons. The lowest BCUT2D eigenvalue weighted by molar-refractivity contribution is -0.140. The average Bonchev–Trinajstić information content (AvgIpc) is 2.28. The molecule has 1 aromatic rings. The zero-order valence-electron chi connectivity index (χ0n) is 8.83. The molecule has 1 aromatic carbocycles. The highest BCUT2D eigenvalue weighted by Gasteiger charge is 2.05. The first kappa shape index (κ1) is 12.4. The number of hydrogen-bond acceptors (Lipinski definition) is 3. The molecule has 0 bridgehead atoms. The first-order chi connectivity index (χ1) is 7.63. The summed E-state index contributed by atoms with van der Waals surface area (Å²) in [6.45, 7) is 0.134. The van der Waals surface area contributed by atoms with Gasteiger partial charge in [0.15, 0.2) is 11.6 Å². The van der Waals surface area contributed by atoms with Gasteiger partial charge in [0.2, 0.25) is 0 Å². The molecule has 0 N–H and O–H groups in total. The first-order valence-corrected chi connectivity index (χ1v) is 4.78. The first-order valence-electron chi connectivity index (χ1n) is 4.78. The molecule has 0 aromatic heterocycles. The molecule has 16 heavy (non-hydrogen) atoms. The van der Waals surface area contributed by atoms with E-state index in [9.17, 15) is 13.6 Å². The summed E-state index contributed by atoms with van der Waals surface area (Å²) in [6.07, 6.45) is 0.579. The maximum absolute atomic E-state index is 13.0. The Hall–Kier alpha value is -1.65. The van der Waals surface area contributed by atoms with Gasteiger partial charge in [0.1, 0.15) is 5.82 Å². The molecule has 0 saturated carbocycles. The Morgan fingerprint density at radius 1 is 1.38 bits per heavy atom. The Bertz CT molecular complexity index is 366. The van der Waals surface area contributed by atoms with Gasteiger partial charge >= 0.3 is 5.97 Å². The van der Waals surface area contributed by atoms with Crippen molar-refractivity contribution in [2.75, 3.05) is 13.7 Å². The number of rotatable bonds is 5. The number of halogens is 2. The van der Waals surface area contributed by atoms with Gasteiger partial charge in [-0.15, -0.1) is 0 Å². The molecule has 88 valence electrons. The van der Waals surface area contributed by atoms with Gasteiger partial charge in [-0.3, -0.25) is 4.79 Å². The van der Waals surface area contributed by atoms with Crippen LogP contribution in [0.15, 0.2) is 18.2 Å². The lowest BCUT2D eigenvalue weighted by atomic mass is 10.3. The third-order valence-corrected chi connectivity index (χ3v) is 1.90. The van der Waals surface area contributed by atoms with Crippen LogP contribution in [-0.2, 0) is 9.53 Å². The number of ether oxygens (including phenoxy) is 2. The van der Waals surface area contributed by atoms with Gasteiger partial charge in [0.05, 0.1) is 13.7 Å². The summed E-state index contributed by atoms with van der Waals surface area (Å²) in [4.78, 5) is 10.7. The van der Waals surface area contributed by atoms with E-state index in [2.05, 4.69) is 4.74 Å². The highest BCUT2D eigenvalue weighted by molar-refractivity contribution is 5.68. The van der Waals surface area contributed by atoms with Gasteiger partial charge in [-0.25, -0.2) is 8.78 Å². The second-order valence-corrected chi connectivity index (χ2v) is 3.10. The summed E-state index contributed by atoms with van der Waals surface area (Å²) in [7, 11) is 1.29. The van der Waals surface area contributed by atoms with E-state index in [4.69, 9.17) is 4.74 Å². The molecule has 3 nitrogen and oxygen atoms in total. The minimum Gasteiger partial charge on any atom is -0.490 e. The van der Waals surface area contributed by atoms with Crippen LogP contribution in [0.25, 0.3) is 0 Å². The second kappa shape index (κ2) is 6.05. The summed E-state index contributed by atoms with van der Waals surface area (Å²) in [6, 6.07) is 2.97. The Balaban J connectivity index is 2.37. The van der Waals surface area contributed by atoms with E-state index in [0.717, 1.165) is 18.2 Å². The van der Waals surface area contributed by atoms with Crippen molar-refractivity contribution in [3.8, 4) is 5.75 Å². The van der Waals surface area contributed by atoms with E-state index in [-0.39, 0.29) is 24.7 Å². The maximum Gasteiger partial charge on any atom is 0.305 e. The van der Waals surface area contributed by atoms with Crippen LogP contribution < -0.4 is 4.74 Å². The second-order valence-electron chi connectivity index (χ2n) is 3.10. The monoisotopic (exact) mass is 230 g/mol. The Labute approximate surface area is 92.0 Å². The standard InChI is InChI=1S/C11H12F2O3/c1-15-11(14)3-2-6-16-10-7-8(12)4-5-9(10)13/h4-5,7H,2-3,6H2,1H3. The van der Waals surface area contributed by atoms with Gasteiger partial charge < -0.3 is 9.47 Å². The highest BCUT2D eigenvalue weighted by Crippen LogP contribution is 2.18. The summed E-state index contributed by atoms with van der Waals surface area (Å²) >= 11 is 0. The normalized spacial score (nSPS) is 9.94.